The van der Waals surface area contributed by atoms with Gasteiger partial charge in [0.25, 0.3) is 0 Å². The number of nitriles is 1. The summed E-state index contributed by atoms with van der Waals surface area (Å²) in [6, 6.07) is 8.39. The highest BCUT2D eigenvalue weighted by Gasteiger charge is 2.07. The number of hydrogen-bond donors (Lipinski definition) is 2. The molecule has 94 valence electrons. The number of anilines is 2. The van der Waals surface area contributed by atoms with Crippen LogP contribution in [0.1, 0.15) is 15.9 Å². The fraction of sp³-hybridized carbons (Fsp3) is 0. The minimum atomic E-state index is -0.505. The van der Waals surface area contributed by atoms with Gasteiger partial charge in [-0.15, -0.1) is 0 Å². The van der Waals surface area contributed by atoms with Gasteiger partial charge in [-0.25, -0.2) is 4.98 Å². The lowest BCUT2D eigenvalue weighted by Gasteiger charge is -2.07. The Kier molecular flexibility index (Phi) is 3.59. The third kappa shape index (κ3) is 2.97. The predicted molar refractivity (Wildman–Crippen MR) is 70.0 cm³/mol. The van der Waals surface area contributed by atoms with Gasteiger partial charge >= 0.3 is 0 Å². The molecule has 0 fully saturated rings. The quantitative estimate of drug-likeness (QED) is 0.830. The van der Waals surface area contributed by atoms with Gasteiger partial charge in [0.05, 0.1) is 6.20 Å². The van der Waals surface area contributed by atoms with Gasteiger partial charge in [0.15, 0.2) is 5.82 Å². The third-order valence-electron chi connectivity index (χ3n) is 2.31. The van der Waals surface area contributed by atoms with Gasteiger partial charge in [0.2, 0.25) is 11.2 Å². The Morgan fingerprint density at radius 1 is 1.37 bits per heavy atom. The summed E-state index contributed by atoms with van der Waals surface area (Å²) < 4.78 is 0. The zero-order valence-corrected chi connectivity index (χ0v) is 10.3. The second-order valence-corrected chi connectivity index (χ2v) is 3.92. The van der Waals surface area contributed by atoms with Crippen LogP contribution in [-0.2, 0) is 0 Å². The average Bonchev–Trinajstić information content (AvgIpc) is 2.39. The Balaban J connectivity index is 2.28. The Morgan fingerprint density at radius 3 is 2.63 bits per heavy atom. The van der Waals surface area contributed by atoms with Crippen LogP contribution >= 0.6 is 11.6 Å². The molecule has 0 aliphatic carbocycles. The second-order valence-electron chi connectivity index (χ2n) is 3.58. The van der Waals surface area contributed by atoms with Crippen LogP contribution in [0, 0.1) is 11.3 Å². The molecule has 0 bridgehead atoms. The maximum atomic E-state index is 10.9. The molecule has 3 N–H and O–H groups in total. The minimum absolute atomic E-state index is 0.0373. The lowest BCUT2D eigenvalue weighted by Crippen LogP contribution is -2.10. The summed E-state index contributed by atoms with van der Waals surface area (Å²) in [5.74, 6) is -0.205. The zero-order chi connectivity index (χ0) is 13.8. The number of hydrogen-bond acceptors (Lipinski definition) is 5. The van der Waals surface area contributed by atoms with E-state index in [2.05, 4.69) is 15.3 Å². The first-order valence-corrected chi connectivity index (χ1v) is 5.57. The number of nitrogens with one attached hydrogen (secondary N) is 1. The number of nitrogens with zero attached hydrogens (tertiary/aromatic N) is 3. The lowest BCUT2D eigenvalue weighted by molar-refractivity contribution is 0.100. The van der Waals surface area contributed by atoms with Gasteiger partial charge in [0, 0.05) is 11.3 Å². The molecule has 1 heterocycles. The average molecular weight is 274 g/mol. The summed E-state index contributed by atoms with van der Waals surface area (Å²) in [5.41, 5.74) is 6.45. The smallest absolute Gasteiger partial charge is 0.248 e. The number of amides is 1. The van der Waals surface area contributed by atoms with E-state index in [1.807, 2.05) is 6.07 Å². The molecule has 0 aliphatic rings. The van der Waals surface area contributed by atoms with E-state index in [4.69, 9.17) is 22.6 Å². The number of carbonyl (C=O) groups is 1. The first-order valence-electron chi connectivity index (χ1n) is 5.19. The Hall–Kier alpha value is -2.65. The van der Waals surface area contributed by atoms with E-state index in [1.54, 1.807) is 24.3 Å². The summed E-state index contributed by atoms with van der Waals surface area (Å²) >= 11 is 5.67. The first-order chi connectivity index (χ1) is 9.10. The second kappa shape index (κ2) is 5.33. The number of nitrogens with two attached hydrogens (primary N) is 1. The molecule has 2 aromatic rings. The van der Waals surface area contributed by atoms with Gasteiger partial charge in [-0.3, -0.25) is 4.79 Å². The molecule has 0 saturated carbocycles. The highest BCUT2D eigenvalue weighted by molar-refractivity contribution is 6.28. The van der Waals surface area contributed by atoms with Crippen LogP contribution in [-0.4, -0.2) is 15.9 Å². The molecule has 0 saturated heterocycles. The van der Waals surface area contributed by atoms with E-state index in [0.717, 1.165) is 0 Å². The molecule has 0 radical (unpaired) electrons. The molecule has 1 amide bonds. The number of rotatable bonds is 3. The normalized spacial score (nSPS) is 9.68. The van der Waals surface area contributed by atoms with Crippen LogP contribution in [0.2, 0.25) is 5.28 Å². The van der Waals surface area contributed by atoms with E-state index in [9.17, 15) is 4.79 Å². The van der Waals surface area contributed by atoms with E-state index < -0.39 is 5.91 Å². The molecule has 6 nitrogen and oxygen atoms in total. The number of aromatic nitrogens is 2. The van der Waals surface area contributed by atoms with E-state index in [-0.39, 0.29) is 10.8 Å². The fourth-order valence-electron chi connectivity index (χ4n) is 1.39. The van der Waals surface area contributed by atoms with Crippen LogP contribution in [0.5, 0.6) is 0 Å². The standard InChI is InChI=1S/C12H8ClN5O/c13-12-16-6-8(5-14)11(18-12)17-9-3-1-7(2-4-9)10(15)19/h1-4,6H,(H2,15,19)(H,16,17,18). The van der Waals surface area contributed by atoms with Crippen LogP contribution in [0.3, 0.4) is 0 Å². The van der Waals surface area contributed by atoms with Crippen molar-refractivity contribution in [2.24, 2.45) is 5.73 Å². The van der Waals surface area contributed by atoms with Crippen molar-refractivity contribution in [3.8, 4) is 6.07 Å². The van der Waals surface area contributed by atoms with Crippen molar-refractivity contribution in [3.63, 3.8) is 0 Å². The van der Waals surface area contributed by atoms with E-state index in [1.165, 1.54) is 6.20 Å². The maximum Gasteiger partial charge on any atom is 0.248 e. The molecule has 2 rings (SSSR count). The van der Waals surface area contributed by atoms with Gasteiger partial charge in [-0.2, -0.15) is 10.2 Å². The largest absolute Gasteiger partial charge is 0.366 e. The van der Waals surface area contributed by atoms with Gasteiger partial charge in [-0.05, 0) is 35.9 Å². The molecule has 7 heteroatoms. The van der Waals surface area contributed by atoms with Crippen molar-refractivity contribution in [2.75, 3.05) is 5.32 Å². The van der Waals surface area contributed by atoms with Crippen LogP contribution in [0.4, 0.5) is 11.5 Å². The summed E-state index contributed by atoms with van der Waals surface area (Å²) in [4.78, 5) is 18.6. The van der Waals surface area contributed by atoms with E-state index >= 15 is 0 Å². The predicted octanol–water partition coefficient (Wildman–Crippen LogP) is 1.84. The zero-order valence-electron chi connectivity index (χ0n) is 9.59. The Bertz CT molecular complexity index is 663. The Labute approximate surface area is 113 Å². The molecular weight excluding hydrogens is 266 g/mol. The highest BCUT2D eigenvalue weighted by Crippen LogP contribution is 2.19. The molecule has 1 aromatic heterocycles. The highest BCUT2D eigenvalue weighted by atomic mass is 35.5. The molecule has 1 aromatic carbocycles. The van der Waals surface area contributed by atoms with Crippen molar-refractivity contribution in [1.82, 2.24) is 9.97 Å². The van der Waals surface area contributed by atoms with Crippen molar-refractivity contribution in [3.05, 3.63) is 46.9 Å². The van der Waals surface area contributed by atoms with Crippen LogP contribution < -0.4 is 11.1 Å². The third-order valence-corrected chi connectivity index (χ3v) is 2.49. The molecule has 0 spiro atoms. The van der Waals surface area contributed by atoms with E-state index in [0.29, 0.717) is 17.1 Å². The first kappa shape index (κ1) is 12.8. The number of carbonyl (C=O) groups excluding carboxylic acids is 1. The topological polar surface area (TPSA) is 105 Å². The monoisotopic (exact) mass is 273 g/mol. The molecule has 0 aliphatic heterocycles. The number of benzene rings is 1. The number of primary amides is 1. The fourth-order valence-corrected chi connectivity index (χ4v) is 1.53. The summed E-state index contributed by atoms with van der Waals surface area (Å²) in [6.45, 7) is 0. The summed E-state index contributed by atoms with van der Waals surface area (Å²) in [7, 11) is 0. The summed E-state index contributed by atoms with van der Waals surface area (Å²) in [6.07, 6.45) is 1.33. The maximum absolute atomic E-state index is 10.9. The van der Waals surface area contributed by atoms with Gasteiger partial charge < -0.3 is 11.1 Å². The van der Waals surface area contributed by atoms with Crippen molar-refractivity contribution < 1.29 is 4.79 Å². The molecule has 0 atom stereocenters. The van der Waals surface area contributed by atoms with Crippen molar-refractivity contribution in [1.29, 1.82) is 5.26 Å². The SMILES string of the molecule is N#Cc1cnc(Cl)nc1Nc1ccc(C(N)=O)cc1. The molecule has 0 unspecified atom stereocenters. The minimum Gasteiger partial charge on any atom is -0.366 e. The van der Waals surface area contributed by atoms with Crippen LogP contribution in [0.25, 0.3) is 0 Å². The molecule has 19 heavy (non-hydrogen) atoms. The van der Waals surface area contributed by atoms with Gasteiger partial charge in [0.1, 0.15) is 11.6 Å². The van der Waals surface area contributed by atoms with Gasteiger partial charge in [-0.1, -0.05) is 0 Å². The van der Waals surface area contributed by atoms with Crippen LogP contribution in [0.15, 0.2) is 30.5 Å². The summed E-state index contributed by atoms with van der Waals surface area (Å²) in [5, 5.41) is 11.9. The Morgan fingerprint density at radius 2 is 2.05 bits per heavy atom. The van der Waals surface area contributed by atoms with Crippen molar-refractivity contribution >= 4 is 29.0 Å². The number of halogens is 1. The van der Waals surface area contributed by atoms with Crippen molar-refractivity contribution in [2.45, 2.75) is 0 Å². The lowest BCUT2D eigenvalue weighted by atomic mass is 10.2. The molecular formula is C12H8ClN5O.